The van der Waals surface area contributed by atoms with E-state index in [1.54, 1.807) is 0 Å². The number of hydrogen-bond donors (Lipinski definition) is 0. The Morgan fingerprint density at radius 1 is 0.730 bits per heavy atom. The van der Waals surface area contributed by atoms with Crippen LogP contribution < -0.4 is 0 Å². The van der Waals surface area contributed by atoms with E-state index in [2.05, 4.69) is 123 Å². The number of unbranched alkanes of at least 4 members (excludes halogenated alkanes) is 1. The molecule has 0 heteroatoms. The molecule has 0 radical (unpaired) electrons. The molecule has 0 N–H and O–H groups in total. The minimum atomic E-state index is 0.998. The zero-order chi connectivity index (χ0) is 28.4. The fourth-order valence-corrected chi connectivity index (χ4v) is 4.03. The van der Waals surface area contributed by atoms with Gasteiger partial charge in [0.25, 0.3) is 0 Å². The van der Waals surface area contributed by atoms with Crippen LogP contribution in [-0.2, 0) is 19.3 Å². The lowest BCUT2D eigenvalue weighted by atomic mass is 9.89. The standard InChI is InChI=1S/C18H28.C10H14.C9H12/c1-9-11-12-14(5)15(6)16(7)17(8)18(10-2)13(3)4;1-3-9-7-5-6-8-10(9)4-2;1-3-9-6-4-8(2)5-7-9/h10H,3,7-9,11-12H2,1-2,4-6H3;5-8H,3-4H2,1-2H3;4-7H,3H2,1-2H3/b15-14-,18-10-;;. The van der Waals surface area contributed by atoms with Crippen LogP contribution >= 0.6 is 0 Å². The molecule has 0 fully saturated rings. The van der Waals surface area contributed by atoms with E-state index < -0.39 is 0 Å². The van der Waals surface area contributed by atoms with E-state index in [0.29, 0.717) is 0 Å². The van der Waals surface area contributed by atoms with Gasteiger partial charge in [-0.3, -0.25) is 0 Å². The first-order chi connectivity index (χ1) is 17.6. The van der Waals surface area contributed by atoms with Crippen LogP contribution in [0.25, 0.3) is 0 Å². The van der Waals surface area contributed by atoms with Crippen molar-refractivity contribution in [1.29, 1.82) is 0 Å². The van der Waals surface area contributed by atoms with Gasteiger partial charge in [-0.05, 0) is 106 Å². The van der Waals surface area contributed by atoms with Crippen LogP contribution in [-0.4, -0.2) is 0 Å². The van der Waals surface area contributed by atoms with Gasteiger partial charge in [-0.25, -0.2) is 0 Å². The Kier molecular flexibility index (Phi) is 17.8. The summed E-state index contributed by atoms with van der Waals surface area (Å²) in [4.78, 5) is 0. The highest BCUT2D eigenvalue weighted by molar-refractivity contribution is 5.58. The Labute approximate surface area is 230 Å². The summed E-state index contributed by atoms with van der Waals surface area (Å²) in [5.74, 6) is 0. The van der Waals surface area contributed by atoms with Crippen molar-refractivity contribution in [3.63, 3.8) is 0 Å². The molecule has 0 heterocycles. The fraction of sp³-hybridized carbons (Fsp3) is 0.405. The number of benzene rings is 2. The quantitative estimate of drug-likeness (QED) is 0.286. The summed E-state index contributed by atoms with van der Waals surface area (Å²) in [5.41, 5.74) is 12.6. The molecule has 2 aromatic carbocycles. The van der Waals surface area contributed by atoms with Gasteiger partial charge in [0, 0.05) is 0 Å². The van der Waals surface area contributed by atoms with Gasteiger partial charge in [-0.1, -0.05) is 125 Å². The van der Waals surface area contributed by atoms with E-state index >= 15 is 0 Å². The summed E-state index contributed by atoms with van der Waals surface area (Å²) in [5, 5.41) is 0. The predicted octanol–water partition coefficient (Wildman–Crippen LogP) is 11.5. The Balaban J connectivity index is 0.000000571. The summed E-state index contributed by atoms with van der Waals surface area (Å²) in [6, 6.07) is 17.3. The molecule has 0 bridgehead atoms. The maximum absolute atomic E-state index is 4.20. The third kappa shape index (κ3) is 12.8. The van der Waals surface area contributed by atoms with E-state index in [4.69, 9.17) is 0 Å². The molecule has 2 aromatic rings. The van der Waals surface area contributed by atoms with Gasteiger partial charge in [0.2, 0.25) is 0 Å². The molecular formula is C37H54. The van der Waals surface area contributed by atoms with Crippen molar-refractivity contribution in [1.82, 2.24) is 0 Å². The third-order valence-electron chi connectivity index (χ3n) is 6.85. The smallest absolute Gasteiger partial charge is 0.0188 e. The molecule has 0 aromatic heterocycles. The van der Waals surface area contributed by atoms with E-state index in [-0.39, 0.29) is 0 Å². The fourth-order valence-electron chi connectivity index (χ4n) is 4.03. The molecule has 0 aliphatic rings. The second kappa shape index (κ2) is 19.3. The lowest BCUT2D eigenvalue weighted by molar-refractivity contribution is 0.782. The Morgan fingerprint density at radius 2 is 1.24 bits per heavy atom. The van der Waals surface area contributed by atoms with Crippen molar-refractivity contribution in [3.05, 3.63) is 130 Å². The minimum absolute atomic E-state index is 0.998. The topological polar surface area (TPSA) is 0 Å². The normalized spacial score (nSPS) is 11.3. The second-order valence-corrected chi connectivity index (χ2v) is 9.76. The van der Waals surface area contributed by atoms with Crippen LogP contribution in [0.15, 0.2) is 108 Å². The molecule has 0 saturated heterocycles. The highest BCUT2D eigenvalue weighted by Crippen LogP contribution is 2.29. The largest absolute Gasteiger partial charge is 0.0955 e. The average molecular weight is 499 g/mol. The molecule has 0 atom stereocenters. The third-order valence-corrected chi connectivity index (χ3v) is 6.85. The number of rotatable bonds is 10. The van der Waals surface area contributed by atoms with Crippen LogP contribution in [0.1, 0.15) is 96.9 Å². The second-order valence-electron chi connectivity index (χ2n) is 9.76. The molecule has 0 saturated carbocycles. The maximum atomic E-state index is 4.20. The van der Waals surface area contributed by atoms with Crippen molar-refractivity contribution in [2.24, 2.45) is 0 Å². The summed E-state index contributed by atoms with van der Waals surface area (Å²) in [7, 11) is 0. The summed E-state index contributed by atoms with van der Waals surface area (Å²) < 4.78 is 0. The van der Waals surface area contributed by atoms with E-state index in [1.807, 2.05) is 13.8 Å². The predicted molar refractivity (Wildman–Crippen MR) is 171 cm³/mol. The Morgan fingerprint density at radius 3 is 1.62 bits per heavy atom. The van der Waals surface area contributed by atoms with Gasteiger partial charge in [-0.15, -0.1) is 0 Å². The van der Waals surface area contributed by atoms with Crippen molar-refractivity contribution in [2.75, 3.05) is 0 Å². The lowest BCUT2D eigenvalue weighted by Gasteiger charge is -2.16. The first kappa shape index (κ1) is 34.1. The van der Waals surface area contributed by atoms with Crippen LogP contribution in [0.2, 0.25) is 0 Å². The number of allylic oxidation sites excluding steroid dienone is 7. The molecule has 37 heavy (non-hydrogen) atoms. The van der Waals surface area contributed by atoms with Gasteiger partial charge in [0.05, 0.1) is 0 Å². The summed E-state index contributed by atoms with van der Waals surface area (Å²) >= 11 is 0. The van der Waals surface area contributed by atoms with Gasteiger partial charge in [0.15, 0.2) is 0 Å². The molecule has 0 nitrogen and oxygen atoms in total. The van der Waals surface area contributed by atoms with Crippen LogP contribution in [0.4, 0.5) is 0 Å². The zero-order valence-electron chi connectivity index (χ0n) is 25.6. The van der Waals surface area contributed by atoms with Crippen molar-refractivity contribution in [2.45, 2.75) is 101 Å². The van der Waals surface area contributed by atoms with E-state index in [1.165, 1.54) is 46.2 Å². The van der Waals surface area contributed by atoms with Crippen LogP contribution in [0, 0.1) is 6.92 Å². The van der Waals surface area contributed by atoms with Crippen LogP contribution in [0.3, 0.4) is 0 Å². The zero-order valence-corrected chi connectivity index (χ0v) is 25.6. The summed E-state index contributed by atoms with van der Waals surface area (Å²) in [6.45, 7) is 31.6. The molecule has 2 rings (SSSR count). The SMILES string of the molecule is C=C(C)/C(=C/C)C(=C)C(=C)/C(C)=C(/C)CCCC.CCc1ccc(C)cc1.CCc1ccccc1CC. The van der Waals surface area contributed by atoms with Crippen molar-refractivity contribution in [3.8, 4) is 0 Å². The molecule has 0 spiro atoms. The first-order valence-electron chi connectivity index (χ1n) is 14.1. The lowest BCUT2D eigenvalue weighted by Crippen LogP contribution is -1.97. The summed E-state index contributed by atoms with van der Waals surface area (Å²) in [6.07, 6.45) is 9.12. The molecule has 0 unspecified atom stereocenters. The monoisotopic (exact) mass is 498 g/mol. The Bertz CT molecular complexity index is 1010. The van der Waals surface area contributed by atoms with E-state index in [0.717, 1.165) is 48.0 Å². The van der Waals surface area contributed by atoms with Crippen molar-refractivity contribution >= 4 is 0 Å². The number of hydrogen-bond acceptors (Lipinski definition) is 0. The molecule has 0 aliphatic heterocycles. The highest BCUT2D eigenvalue weighted by atomic mass is 14.1. The van der Waals surface area contributed by atoms with Crippen LogP contribution in [0.5, 0.6) is 0 Å². The van der Waals surface area contributed by atoms with Crippen molar-refractivity contribution < 1.29 is 0 Å². The minimum Gasteiger partial charge on any atom is -0.0955 e. The maximum Gasteiger partial charge on any atom is -0.0188 e. The average Bonchev–Trinajstić information content (AvgIpc) is 2.91. The van der Waals surface area contributed by atoms with Gasteiger partial charge < -0.3 is 0 Å². The van der Waals surface area contributed by atoms with Gasteiger partial charge in [-0.2, -0.15) is 0 Å². The molecular weight excluding hydrogens is 444 g/mol. The Hall–Kier alpha value is -2.86. The van der Waals surface area contributed by atoms with Gasteiger partial charge >= 0.3 is 0 Å². The molecule has 0 amide bonds. The van der Waals surface area contributed by atoms with Gasteiger partial charge in [0.1, 0.15) is 0 Å². The van der Waals surface area contributed by atoms with E-state index in [9.17, 15) is 0 Å². The molecule has 202 valence electrons. The molecule has 0 aliphatic carbocycles. The highest BCUT2D eigenvalue weighted by Gasteiger charge is 2.10. The number of aryl methyl sites for hydroxylation is 4. The first-order valence-corrected chi connectivity index (χ1v) is 14.1.